The molecule has 1 saturated carbocycles. The van der Waals surface area contributed by atoms with Gasteiger partial charge in [-0.15, -0.1) is 0 Å². The second-order valence-corrected chi connectivity index (χ2v) is 5.11. The molecule has 0 aliphatic heterocycles. The molecule has 104 valence electrons. The van der Waals surface area contributed by atoms with E-state index in [1.807, 2.05) is 6.92 Å². The number of rotatable bonds is 5. The highest BCUT2D eigenvalue weighted by Gasteiger charge is 2.36. The van der Waals surface area contributed by atoms with E-state index in [2.05, 4.69) is 15.3 Å². The van der Waals surface area contributed by atoms with E-state index in [0.29, 0.717) is 18.1 Å². The minimum absolute atomic E-state index is 0.0585. The standard InChI is InChI=1S/C13H19N3O3/c1-2-9-14-10(7-11(17)15-9)16-13(8-12(18)19)5-3-4-6-13/h7H,2-6,8H2,1H3,(H,18,19)(H2,14,15,16,17). The van der Waals surface area contributed by atoms with Gasteiger partial charge in [0, 0.05) is 18.0 Å². The molecular weight excluding hydrogens is 246 g/mol. The fraction of sp³-hybridized carbons (Fsp3) is 0.615. The Bertz CT molecular complexity index is 518. The number of nitrogens with one attached hydrogen (secondary N) is 2. The van der Waals surface area contributed by atoms with E-state index >= 15 is 0 Å². The van der Waals surface area contributed by atoms with Crippen LogP contribution < -0.4 is 10.9 Å². The lowest BCUT2D eigenvalue weighted by atomic mass is 9.93. The predicted molar refractivity (Wildman–Crippen MR) is 71.3 cm³/mol. The van der Waals surface area contributed by atoms with Gasteiger partial charge in [0.25, 0.3) is 5.56 Å². The van der Waals surface area contributed by atoms with Crippen LogP contribution in [0.4, 0.5) is 5.82 Å². The number of nitrogens with zero attached hydrogens (tertiary/aromatic N) is 1. The number of hydrogen-bond donors (Lipinski definition) is 3. The van der Waals surface area contributed by atoms with E-state index in [-0.39, 0.29) is 12.0 Å². The Morgan fingerprint density at radius 1 is 1.53 bits per heavy atom. The average molecular weight is 265 g/mol. The molecule has 1 aliphatic carbocycles. The summed E-state index contributed by atoms with van der Waals surface area (Å²) in [6.45, 7) is 1.91. The van der Waals surface area contributed by atoms with Crippen molar-refractivity contribution in [1.82, 2.24) is 9.97 Å². The number of H-pyrrole nitrogens is 1. The minimum Gasteiger partial charge on any atom is -0.481 e. The van der Waals surface area contributed by atoms with Crippen LogP contribution in [0.25, 0.3) is 0 Å². The van der Waals surface area contributed by atoms with E-state index in [4.69, 9.17) is 5.11 Å². The zero-order valence-electron chi connectivity index (χ0n) is 11.0. The Hall–Kier alpha value is -1.85. The predicted octanol–water partition coefficient (Wildman–Crippen LogP) is 1.53. The Kier molecular flexibility index (Phi) is 3.87. The van der Waals surface area contributed by atoms with Gasteiger partial charge in [0.1, 0.15) is 11.6 Å². The molecule has 1 fully saturated rings. The first-order valence-electron chi connectivity index (χ1n) is 6.63. The van der Waals surface area contributed by atoms with Crippen LogP contribution in [0.15, 0.2) is 10.9 Å². The van der Waals surface area contributed by atoms with Gasteiger partial charge >= 0.3 is 5.97 Å². The quantitative estimate of drug-likeness (QED) is 0.750. The Morgan fingerprint density at radius 3 is 2.79 bits per heavy atom. The third kappa shape index (κ3) is 3.33. The third-order valence-corrected chi connectivity index (χ3v) is 3.57. The Balaban J connectivity index is 2.24. The van der Waals surface area contributed by atoms with E-state index in [1.165, 1.54) is 6.07 Å². The van der Waals surface area contributed by atoms with Crippen LogP contribution in [0.3, 0.4) is 0 Å². The average Bonchev–Trinajstić information content (AvgIpc) is 2.75. The number of hydrogen-bond acceptors (Lipinski definition) is 4. The summed E-state index contributed by atoms with van der Waals surface area (Å²) in [5.74, 6) is 0.261. The number of anilines is 1. The fourth-order valence-corrected chi connectivity index (χ4v) is 2.70. The summed E-state index contributed by atoms with van der Waals surface area (Å²) in [6, 6.07) is 1.39. The first kappa shape index (κ1) is 13.6. The molecule has 19 heavy (non-hydrogen) atoms. The van der Waals surface area contributed by atoms with Crippen LogP contribution in [0.5, 0.6) is 0 Å². The van der Waals surface area contributed by atoms with Crippen LogP contribution in [0.1, 0.15) is 44.9 Å². The van der Waals surface area contributed by atoms with Crippen molar-refractivity contribution in [3.8, 4) is 0 Å². The summed E-state index contributed by atoms with van der Waals surface area (Å²) < 4.78 is 0. The van der Waals surface area contributed by atoms with Gasteiger partial charge in [0.2, 0.25) is 0 Å². The van der Waals surface area contributed by atoms with Crippen molar-refractivity contribution in [3.05, 3.63) is 22.2 Å². The van der Waals surface area contributed by atoms with Crippen LogP contribution >= 0.6 is 0 Å². The largest absolute Gasteiger partial charge is 0.481 e. The van der Waals surface area contributed by atoms with E-state index in [1.54, 1.807) is 0 Å². The van der Waals surface area contributed by atoms with Gasteiger partial charge in [-0.2, -0.15) is 0 Å². The van der Waals surface area contributed by atoms with Gasteiger partial charge in [-0.25, -0.2) is 4.98 Å². The Morgan fingerprint density at radius 2 is 2.21 bits per heavy atom. The maximum Gasteiger partial charge on any atom is 0.305 e. The molecule has 1 aliphatic rings. The maximum atomic E-state index is 11.5. The number of aromatic nitrogens is 2. The summed E-state index contributed by atoms with van der Waals surface area (Å²) in [5.41, 5.74) is -0.671. The first-order valence-corrected chi connectivity index (χ1v) is 6.63. The molecule has 6 heteroatoms. The molecule has 1 heterocycles. The van der Waals surface area contributed by atoms with Gasteiger partial charge < -0.3 is 15.4 Å². The SMILES string of the molecule is CCc1nc(NC2(CC(=O)O)CCCC2)cc(=O)[nH]1. The highest BCUT2D eigenvalue weighted by atomic mass is 16.4. The number of aliphatic carboxylic acids is 1. The molecule has 6 nitrogen and oxygen atoms in total. The number of aromatic amines is 1. The zero-order chi connectivity index (χ0) is 13.9. The van der Waals surface area contributed by atoms with Crippen molar-refractivity contribution in [2.75, 3.05) is 5.32 Å². The summed E-state index contributed by atoms with van der Waals surface area (Å²) >= 11 is 0. The van der Waals surface area contributed by atoms with Crippen molar-refractivity contribution < 1.29 is 9.90 Å². The van der Waals surface area contributed by atoms with Crippen LogP contribution in [-0.2, 0) is 11.2 Å². The second-order valence-electron chi connectivity index (χ2n) is 5.11. The molecule has 0 bridgehead atoms. The number of carboxylic acids is 1. The molecular formula is C13H19N3O3. The van der Waals surface area contributed by atoms with Crippen molar-refractivity contribution in [2.24, 2.45) is 0 Å². The van der Waals surface area contributed by atoms with Gasteiger partial charge in [-0.1, -0.05) is 19.8 Å². The topological polar surface area (TPSA) is 95.1 Å². The molecule has 3 N–H and O–H groups in total. The van der Waals surface area contributed by atoms with Crippen molar-refractivity contribution in [2.45, 2.75) is 51.0 Å². The fourth-order valence-electron chi connectivity index (χ4n) is 2.70. The molecule has 0 unspecified atom stereocenters. The molecule has 0 radical (unpaired) electrons. The van der Waals surface area contributed by atoms with Crippen molar-refractivity contribution in [3.63, 3.8) is 0 Å². The molecule has 0 aromatic carbocycles. The highest BCUT2D eigenvalue weighted by molar-refractivity contribution is 5.69. The van der Waals surface area contributed by atoms with E-state index in [9.17, 15) is 9.59 Å². The molecule has 0 amide bonds. The number of carboxylic acid groups (broad SMARTS) is 1. The van der Waals surface area contributed by atoms with E-state index in [0.717, 1.165) is 25.7 Å². The summed E-state index contributed by atoms with van der Waals surface area (Å²) in [6.07, 6.45) is 4.30. The smallest absolute Gasteiger partial charge is 0.305 e. The molecule has 0 saturated heterocycles. The first-order chi connectivity index (χ1) is 9.03. The van der Waals surface area contributed by atoms with Gasteiger partial charge in [-0.05, 0) is 12.8 Å². The van der Waals surface area contributed by atoms with Gasteiger partial charge in [0.15, 0.2) is 0 Å². The second kappa shape index (κ2) is 5.42. The summed E-state index contributed by atoms with van der Waals surface area (Å²) in [4.78, 5) is 29.5. The van der Waals surface area contributed by atoms with Crippen LogP contribution in [0, 0.1) is 0 Å². The number of carbonyl (C=O) groups is 1. The molecule has 2 rings (SSSR count). The molecule has 1 aromatic heterocycles. The lowest BCUT2D eigenvalue weighted by molar-refractivity contribution is -0.138. The van der Waals surface area contributed by atoms with Crippen molar-refractivity contribution in [1.29, 1.82) is 0 Å². The van der Waals surface area contributed by atoms with Gasteiger partial charge in [-0.3, -0.25) is 9.59 Å². The molecule has 0 spiro atoms. The summed E-state index contributed by atoms with van der Waals surface area (Å²) in [7, 11) is 0. The maximum absolute atomic E-state index is 11.5. The van der Waals surface area contributed by atoms with Crippen LogP contribution in [-0.4, -0.2) is 26.6 Å². The minimum atomic E-state index is -0.824. The number of aryl methyl sites for hydroxylation is 1. The lowest BCUT2D eigenvalue weighted by Gasteiger charge is -2.29. The molecule has 1 aromatic rings. The molecule has 0 atom stereocenters. The summed E-state index contributed by atoms with van der Waals surface area (Å²) in [5, 5.41) is 12.2. The van der Waals surface area contributed by atoms with Crippen LogP contribution in [0.2, 0.25) is 0 Å². The van der Waals surface area contributed by atoms with Crippen molar-refractivity contribution >= 4 is 11.8 Å². The third-order valence-electron chi connectivity index (χ3n) is 3.57. The van der Waals surface area contributed by atoms with Gasteiger partial charge in [0.05, 0.1) is 6.42 Å². The monoisotopic (exact) mass is 265 g/mol. The Labute approximate surface area is 111 Å². The normalized spacial score (nSPS) is 17.3. The van der Waals surface area contributed by atoms with E-state index < -0.39 is 11.5 Å². The zero-order valence-corrected chi connectivity index (χ0v) is 11.0. The lowest BCUT2D eigenvalue weighted by Crippen LogP contribution is -2.38. The highest BCUT2D eigenvalue weighted by Crippen LogP contribution is 2.35.